The van der Waals surface area contributed by atoms with Gasteiger partial charge in [0.1, 0.15) is 0 Å². The minimum atomic E-state index is -0.601. The van der Waals surface area contributed by atoms with E-state index >= 15 is 0 Å². The summed E-state index contributed by atoms with van der Waals surface area (Å²) >= 11 is 5.81. The minimum absolute atomic E-state index is 0.0383. The van der Waals surface area contributed by atoms with Crippen LogP contribution in [-0.4, -0.2) is 11.8 Å². The van der Waals surface area contributed by atoms with Crippen molar-refractivity contribution < 1.29 is 9.59 Å². The molecular formula is C17H15ClN2O2. The number of hydrogen-bond donors (Lipinski definition) is 2. The van der Waals surface area contributed by atoms with E-state index in [1.54, 1.807) is 36.4 Å². The number of amides is 2. The first kappa shape index (κ1) is 14.6. The van der Waals surface area contributed by atoms with Crippen molar-refractivity contribution >= 4 is 34.8 Å². The fourth-order valence-corrected chi connectivity index (χ4v) is 2.58. The lowest BCUT2D eigenvalue weighted by Gasteiger charge is -2.16. The van der Waals surface area contributed by atoms with Gasteiger partial charge in [-0.05, 0) is 61.9 Å². The summed E-state index contributed by atoms with van der Waals surface area (Å²) in [6.07, 6.45) is 0. The summed E-state index contributed by atoms with van der Waals surface area (Å²) in [7, 11) is 0. The second-order valence-corrected chi connectivity index (χ2v) is 6.24. The maximum absolute atomic E-state index is 12.2. The van der Waals surface area contributed by atoms with Crippen molar-refractivity contribution in [2.45, 2.75) is 19.3 Å². The lowest BCUT2D eigenvalue weighted by atomic mass is 9.86. The Labute approximate surface area is 133 Å². The molecule has 0 atom stereocenters. The molecule has 0 saturated carbocycles. The molecule has 2 N–H and O–H groups in total. The van der Waals surface area contributed by atoms with Crippen molar-refractivity contribution in [3.8, 4) is 0 Å². The molecule has 2 amide bonds. The normalized spacial score (nSPS) is 15.1. The largest absolute Gasteiger partial charge is 0.325 e. The molecule has 112 valence electrons. The van der Waals surface area contributed by atoms with Crippen LogP contribution in [0.1, 0.15) is 29.8 Å². The number of fused-ring (bicyclic) bond motifs is 1. The second kappa shape index (κ2) is 5.14. The molecule has 22 heavy (non-hydrogen) atoms. The maximum atomic E-state index is 12.2. The van der Waals surface area contributed by atoms with Crippen molar-refractivity contribution in [1.29, 1.82) is 0 Å². The van der Waals surface area contributed by atoms with Gasteiger partial charge in [-0.2, -0.15) is 0 Å². The topological polar surface area (TPSA) is 58.2 Å². The van der Waals surface area contributed by atoms with Crippen LogP contribution in [0.2, 0.25) is 5.02 Å². The van der Waals surface area contributed by atoms with Gasteiger partial charge in [0, 0.05) is 22.0 Å². The van der Waals surface area contributed by atoms with Crippen molar-refractivity contribution in [2.75, 3.05) is 10.6 Å². The highest BCUT2D eigenvalue weighted by molar-refractivity contribution is 6.30. The van der Waals surface area contributed by atoms with E-state index in [9.17, 15) is 9.59 Å². The summed E-state index contributed by atoms with van der Waals surface area (Å²) in [5.74, 6) is -0.254. The number of anilines is 2. The van der Waals surface area contributed by atoms with E-state index in [4.69, 9.17) is 11.6 Å². The fourth-order valence-electron chi connectivity index (χ4n) is 2.45. The standard InChI is InChI=1S/C17H15ClN2O2/c1-17(2)13-9-12(7-8-14(13)20-16(17)22)19-15(21)10-3-5-11(18)6-4-10/h3-9H,1-2H3,(H,19,21)(H,20,22). The molecule has 5 heteroatoms. The summed E-state index contributed by atoms with van der Waals surface area (Å²) in [4.78, 5) is 24.1. The second-order valence-electron chi connectivity index (χ2n) is 5.80. The number of carbonyl (C=O) groups is 2. The molecule has 0 fully saturated rings. The molecule has 0 aromatic heterocycles. The summed E-state index contributed by atoms with van der Waals surface area (Å²) in [6.45, 7) is 3.72. The zero-order valence-electron chi connectivity index (χ0n) is 12.2. The summed E-state index contributed by atoms with van der Waals surface area (Å²) < 4.78 is 0. The Morgan fingerprint density at radius 3 is 2.50 bits per heavy atom. The highest BCUT2D eigenvalue weighted by Crippen LogP contribution is 2.38. The highest BCUT2D eigenvalue weighted by atomic mass is 35.5. The quantitative estimate of drug-likeness (QED) is 0.885. The molecule has 3 rings (SSSR count). The first-order valence-electron chi connectivity index (χ1n) is 6.91. The smallest absolute Gasteiger partial charge is 0.255 e. The molecule has 0 spiro atoms. The minimum Gasteiger partial charge on any atom is -0.325 e. The van der Waals surface area contributed by atoms with Gasteiger partial charge in [0.2, 0.25) is 5.91 Å². The fraction of sp³-hybridized carbons (Fsp3) is 0.176. The molecule has 0 aliphatic carbocycles. The summed E-state index contributed by atoms with van der Waals surface area (Å²) in [6, 6.07) is 12.1. The molecule has 1 aliphatic heterocycles. The van der Waals surface area contributed by atoms with Crippen LogP contribution in [-0.2, 0) is 10.2 Å². The number of benzene rings is 2. The SMILES string of the molecule is CC1(C)C(=O)Nc2ccc(NC(=O)c3ccc(Cl)cc3)cc21. The van der Waals surface area contributed by atoms with Crippen molar-refractivity contribution in [1.82, 2.24) is 0 Å². The number of nitrogens with one attached hydrogen (secondary N) is 2. The number of rotatable bonds is 2. The van der Waals surface area contributed by atoms with Gasteiger partial charge in [0.25, 0.3) is 5.91 Å². The first-order valence-corrected chi connectivity index (χ1v) is 7.28. The van der Waals surface area contributed by atoms with E-state index in [1.807, 2.05) is 19.9 Å². The predicted octanol–water partition coefficient (Wildman–Crippen LogP) is 3.82. The zero-order valence-corrected chi connectivity index (χ0v) is 13.0. The van der Waals surface area contributed by atoms with Crippen LogP contribution in [0.5, 0.6) is 0 Å². The van der Waals surface area contributed by atoms with Gasteiger partial charge in [0.15, 0.2) is 0 Å². The zero-order chi connectivity index (χ0) is 15.9. The van der Waals surface area contributed by atoms with E-state index in [0.717, 1.165) is 11.3 Å². The van der Waals surface area contributed by atoms with Crippen LogP contribution in [0.15, 0.2) is 42.5 Å². The molecule has 0 radical (unpaired) electrons. The Morgan fingerprint density at radius 2 is 1.82 bits per heavy atom. The predicted molar refractivity (Wildman–Crippen MR) is 87.5 cm³/mol. The van der Waals surface area contributed by atoms with E-state index in [0.29, 0.717) is 16.3 Å². The average Bonchev–Trinajstić information content (AvgIpc) is 2.70. The molecule has 1 aliphatic rings. The van der Waals surface area contributed by atoms with Gasteiger partial charge in [-0.1, -0.05) is 11.6 Å². The Hall–Kier alpha value is -2.33. The van der Waals surface area contributed by atoms with Gasteiger partial charge >= 0.3 is 0 Å². The van der Waals surface area contributed by atoms with Crippen LogP contribution in [0, 0.1) is 0 Å². The van der Waals surface area contributed by atoms with E-state index in [-0.39, 0.29) is 11.8 Å². The van der Waals surface area contributed by atoms with Crippen molar-refractivity contribution in [3.05, 3.63) is 58.6 Å². The number of hydrogen-bond acceptors (Lipinski definition) is 2. The van der Waals surface area contributed by atoms with E-state index in [2.05, 4.69) is 10.6 Å². The van der Waals surface area contributed by atoms with Crippen molar-refractivity contribution in [3.63, 3.8) is 0 Å². The van der Waals surface area contributed by atoms with Gasteiger partial charge < -0.3 is 10.6 Å². The molecule has 0 bridgehead atoms. The van der Waals surface area contributed by atoms with Gasteiger partial charge in [-0.15, -0.1) is 0 Å². The summed E-state index contributed by atoms with van der Waals surface area (Å²) in [5.41, 5.74) is 2.25. The molecule has 1 heterocycles. The van der Waals surface area contributed by atoms with Crippen LogP contribution in [0.25, 0.3) is 0 Å². The Balaban J connectivity index is 1.86. The first-order chi connectivity index (χ1) is 10.4. The Bertz CT molecular complexity index is 767. The number of halogens is 1. The van der Waals surface area contributed by atoms with Crippen LogP contribution in [0.3, 0.4) is 0 Å². The lowest BCUT2D eigenvalue weighted by molar-refractivity contribution is -0.119. The average molecular weight is 315 g/mol. The molecule has 4 nitrogen and oxygen atoms in total. The van der Waals surface area contributed by atoms with Crippen LogP contribution in [0.4, 0.5) is 11.4 Å². The van der Waals surface area contributed by atoms with Crippen LogP contribution >= 0.6 is 11.6 Å². The van der Waals surface area contributed by atoms with Crippen molar-refractivity contribution in [2.24, 2.45) is 0 Å². The maximum Gasteiger partial charge on any atom is 0.255 e. The molecular weight excluding hydrogens is 300 g/mol. The number of carbonyl (C=O) groups excluding carboxylic acids is 2. The third-order valence-corrected chi connectivity index (χ3v) is 4.13. The summed E-state index contributed by atoms with van der Waals surface area (Å²) in [5, 5.41) is 6.26. The van der Waals surface area contributed by atoms with E-state index < -0.39 is 5.41 Å². The molecule has 2 aromatic carbocycles. The third kappa shape index (κ3) is 2.46. The highest BCUT2D eigenvalue weighted by Gasteiger charge is 2.38. The Kier molecular flexibility index (Phi) is 3.41. The van der Waals surface area contributed by atoms with Gasteiger partial charge in [-0.3, -0.25) is 9.59 Å². The molecule has 2 aromatic rings. The monoisotopic (exact) mass is 314 g/mol. The third-order valence-electron chi connectivity index (χ3n) is 3.87. The molecule has 0 saturated heterocycles. The van der Waals surface area contributed by atoms with Crippen LogP contribution < -0.4 is 10.6 Å². The van der Waals surface area contributed by atoms with E-state index in [1.165, 1.54) is 0 Å². The lowest BCUT2D eigenvalue weighted by Crippen LogP contribution is -2.26. The van der Waals surface area contributed by atoms with Gasteiger partial charge in [0.05, 0.1) is 5.41 Å². The van der Waals surface area contributed by atoms with Gasteiger partial charge in [-0.25, -0.2) is 0 Å². The Morgan fingerprint density at radius 1 is 1.14 bits per heavy atom. The molecule has 0 unspecified atom stereocenters.